The summed E-state index contributed by atoms with van der Waals surface area (Å²) < 4.78 is 51.0. The van der Waals surface area contributed by atoms with Gasteiger partial charge in [-0.3, -0.25) is 52.1 Å². The highest BCUT2D eigenvalue weighted by atomic mass is 35.5. The fraction of sp³-hybridized carbons (Fsp3) is 0.340. The van der Waals surface area contributed by atoms with Crippen molar-refractivity contribution in [3.05, 3.63) is 246 Å². The number of aromatic nitrogens is 15. The second-order valence-electron chi connectivity index (χ2n) is 33.0. The lowest BCUT2D eigenvalue weighted by atomic mass is 9.99. The summed E-state index contributed by atoms with van der Waals surface area (Å²) in [6.07, 6.45) is 0.299. The maximum Gasteiger partial charge on any atom is 0.354 e. The van der Waals surface area contributed by atoms with Crippen LogP contribution in [0.1, 0.15) is 163 Å². The number of aliphatic hydroxyl groups is 1. The van der Waals surface area contributed by atoms with Gasteiger partial charge in [-0.2, -0.15) is 30.6 Å². The zero-order valence-electron chi connectivity index (χ0n) is 81.7. The lowest BCUT2D eigenvalue weighted by Gasteiger charge is -2.11. The number of carbonyl (C=O) groups excluding carboxylic acids is 8. The van der Waals surface area contributed by atoms with Crippen LogP contribution in [0.2, 0.25) is 15.1 Å². The lowest BCUT2D eigenvalue weighted by molar-refractivity contribution is -0.141. The van der Waals surface area contributed by atoms with E-state index in [1.54, 1.807) is 107 Å². The summed E-state index contributed by atoms with van der Waals surface area (Å²) >= 11 is 34.4. The number of aliphatic hydroxyl groups excluding tert-OH is 1. The molecule has 0 aliphatic heterocycles. The van der Waals surface area contributed by atoms with E-state index < -0.39 is 17.9 Å². The molecule has 0 unspecified atom stereocenters. The van der Waals surface area contributed by atoms with Gasteiger partial charge in [-0.25, -0.2) is 14.4 Å². The molecule has 7 aromatic carbocycles. The van der Waals surface area contributed by atoms with Crippen LogP contribution in [0.4, 0.5) is 0 Å². The van der Waals surface area contributed by atoms with E-state index in [1.807, 2.05) is 179 Å². The Balaban J connectivity index is 0.000000225. The number of nitrogens with zero attached hydrogens (tertiary/aromatic N) is 15. The van der Waals surface area contributed by atoms with Crippen molar-refractivity contribution in [1.29, 1.82) is 0 Å². The van der Waals surface area contributed by atoms with Gasteiger partial charge in [-0.05, 0) is 129 Å². The number of esters is 7. The first kappa shape index (κ1) is 118. The van der Waals surface area contributed by atoms with Crippen LogP contribution in [0.5, 0.6) is 11.5 Å². The minimum Gasteiger partial charge on any atom is -0.507 e. The Kier molecular flexibility index (Phi) is 42.9. The minimum atomic E-state index is -0.510. The van der Waals surface area contributed by atoms with Gasteiger partial charge in [0.1, 0.15) is 28.6 Å². The minimum absolute atomic E-state index is 0. The molecule has 2 N–H and O–H groups in total. The molecule has 0 bridgehead atoms. The number of benzene rings is 7. The Labute approximate surface area is 895 Å². The molecule has 0 radical (unpaired) electrons. The lowest BCUT2D eigenvalue weighted by Crippen LogP contribution is -2.13. The molecule has 16 rings (SSSR count). The number of halogens is 4. The average molecular weight is 2180 g/mol. The fourth-order valence-electron chi connectivity index (χ4n) is 16.8. The van der Waals surface area contributed by atoms with Crippen LogP contribution >= 0.6 is 105 Å². The molecule has 147 heavy (non-hydrogen) atoms. The van der Waals surface area contributed by atoms with Gasteiger partial charge in [-0.15, -0.1) is 58.6 Å². The van der Waals surface area contributed by atoms with E-state index in [0.717, 1.165) is 178 Å². The van der Waals surface area contributed by atoms with E-state index in [1.165, 1.54) is 56.5 Å². The Bertz CT molecular complexity index is 7290. The molecule has 0 atom stereocenters. The number of hydrogen-bond acceptors (Lipinski definition) is 28. The van der Waals surface area contributed by atoms with Crippen molar-refractivity contribution in [3.8, 4) is 44.9 Å². The average Bonchev–Trinajstić information content (AvgIpc) is 1.60. The number of aromatic hydroxyl groups is 1. The molecule has 0 amide bonds. The number of rotatable bonds is 34. The zero-order chi connectivity index (χ0) is 103. The van der Waals surface area contributed by atoms with Crippen molar-refractivity contribution in [1.82, 2.24) is 72.4 Å². The maximum atomic E-state index is 12.8. The van der Waals surface area contributed by atoms with Gasteiger partial charge in [0.15, 0.2) is 5.12 Å². The van der Waals surface area contributed by atoms with E-state index in [4.69, 9.17) is 100.0 Å². The molecular formula is C106H123Cl4N15O17S5. The fourth-order valence-corrected chi connectivity index (χ4v) is 22.0. The van der Waals surface area contributed by atoms with Crippen LogP contribution in [0.15, 0.2) is 155 Å². The number of methoxy groups -OCH3 is 6. The Hall–Kier alpha value is -12.4. The summed E-state index contributed by atoms with van der Waals surface area (Å²) in [6.45, 7) is 9.52. The van der Waals surface area contributed by atoms with Crippen LogP contribution in [0, 0.1) is 20.8 Å². The first-order valence-corrected chi connectivity index (χ1v) is 51.7. The first-order valence-electron chi connectivity index (χ1n) is 44.7. The third-order valence-corrected chi connectivity index (χ3v) is 29.8. The van der Waals surface area contributed by atoms with Crippen molar-refractivity contribution in [2.24, 2.45) is 42.3 Å². The maximum absolute atomic E-state index is 12.8. The molecule has 0 saturated carbocycles. The summed E-state index contributed by atoms with van der Waals surface area (Å²) in [7, 11) is 19.3. The Morgan fingerprint density at radius 3 is 1.07 bits per heavy atom. The van der Waals surface area contributed by atoms with Crippen molar-refractivity contribution in [3.63, 3.8) is 0 Å². The summed E-state index contributed by atoms with van der Waals surface area (Å²) in [5.74, 6) is 2.75. The van der Waals surface area contributed by atoms with Crippen LogP contribution in [0.3, 0.4) is 0 Å². The van der Waals surface area contributed by atoms with E-state index in [-0.39, 0.29) is 110 Å². The summed E-state index contributed by atoms with van der Waals surface area (Å²) in [5, 5.41) is 55.7. The monoisotopic (exact) mass is 2180 g/mol. The quantitative estimate of drug-likeness (QED) is 0.0124. The molecule has 0 aliphatic rings. The number of phenolic OH excluding ortho intramolecular Hbond substituents is 1. The second kappa shape index (κ2) is 53.4. The summed E-state index contributed by atoms with van der Waals surface area (Å²) in [6, 6.07) is 45.2. The standard InChI is InChI=1S/C36H36ClN5O5S2.C26H29Cl2N5O4S.C26H30ClN5O5S.C14H12O3S.4CH4/c1-21-34(35-27-17-31(36(45)47-5)42(13-12-33(44)46-4)30(27)11-10-28(35)37)29(39-40(21)2)20-48-18-23-15-24(41(3)38-23)19-49-25-14-22-8-6-7-9-26(22)32(43)16-25;1-15-24(20(30-31(15)2)14-38-13-16-10-17(12-27)32(3)29-16)25-18-11-22(26(35)37-5)33(9-8-23(34)36-4)21(18)7-6-19(25)28;1-15-24(20(29-30(15)2)14-38-13-16-10-17(12-33)31(3)28-16)25-18-11-22(26(35)37-5)32(9-8-23(34)36-4)21(18)7-6-19(25)27;1-9(15)17-14-8-12(18-10(2)16)7-11-5-3-4-6-13(11)14;;;;/h6-11,14-17,43H,12-13,18-20H2,1-5H3;6-7,10-11H,8-9,12-14H2,1-5H3;6-7,10-11,33H,8-9,12-14H2,1-5H3;3-8H,1-2H3;4*1H4. The molecule has 0 fully saturated rings. The second-order valence-corrected chi connectivity index (χ2v) is 39.7. The van der Waals surface area contributed by atoms with E-state index >= 15 is 0 Å². The van der Waals surface area contributed by atoms with Crippen LogP contribution in [-0.4, -0.2) is 172 Å². The number of aryl methyl sites for hydroxylation is 9. The number of ether oxygens (including phenoxy) is 7. The normalized spacial score (nSPS) is 11.0. The van der Waals surface area contributed by atoms with Gasteiger partial charge in [-0.1, -0.05) is 125 Å². The molecule has 9 heterocycles. The largest absolute Gasteiger partial charge is 0.507 e. The number of alkyl halides is 1. The van der Waals surface area contributed by atoms with Gasteiger partial charge in [0.05, 0.1) is 120 Å². The Morgan fingerprint density at radius 2 is 0.721 bits per heavy atom. The molecule has 9 aromatic heterocycles. The molecule has 0 spiro atoms. The van der Waals surface area contributed by atoms with Crippen molar-refractivity contribution >= 4 is 206 Å². The van der Waals surface area contributed by atoms with Gasteiger partial charge < -0.3 is 57.1 Å². The predicted molar refractivity (Wildman–Crippen MR) is 590 cm³/mol. The number of fused-ring (bicyclic) bond motifs is 5. The highest BCUT2D eigenvalue weighted by molar-refractivity contribution is 8.13. The highest BCUT2D eigenvalue weighted by Gasteiger charge is 2.31. The summed E-state index contributed by atoms with van der Waals surface area (Å²) in [5.41, 5.74) is 19.3. The molecule has 0 aliphatic carbocycles. The molecule has 16 aromatic rings. The van der Waals surface area contributed by atoms with Crippen LogP contribution < -0.4 is 4.74 Å². The molecule has 0 saturated heterocycles. The van der Waals surface area contributed by atoms with Gasteiger partial charge in [0, 0.05) is 241 Å². The molecule has 782 valence electrons. The SMILES string of the molecule is C.C.C.C.CC(=O)Oc1cc(SC(C)=O)cc2ccccc12.COC(=O)CCn1c(C(=O)OC)cc2c(-c3c(CSCc4cc(CCl)n(C)n4)nn(C)c3C)c(Cl)ccc21.COC(=O)CCn1c(C(=O)OC)cc2c(-c3c(CSCc4cc(CO)n(C)n4)nn(C)c3C)c(Cl)ccc21.COC(=O)CCn1c(C(=O)OC)cc2c(-c3c(CSCc4cc(CSc5cc(O)c6ccccc6c5)n(C)n4)nn(C)c3C)c(Cl)ccc21. The number of phenols is 1. The first-order chi connectivity index (χ1) is 68.5. The van der Waals surface area contributed by atoms with E-state index in [2.05, 4.69) is 22.3 Å². The van der Waals surface area contributed by atoms with Crippen LogP contribution in [0.25, 0.3) is 87.6 Å². The van der Waals surface area contributed by atoms with Gasteiger partial charge >= 0.3 is 41.8 Å². The molecular weight excluding hydrogens is 2060 g/mol. The van der Waals surface area contributed by atoms with Gasteiger partial charge in [0.2, 0.25) is 0 Å². The number of thioether (sulfide) groups is 5. The molecule has 32 nitrogen and oxygen atoms in total. The Morgan fingerprint density at radius 1 is 0.374 bits per heavy atom. The third-order valence-electron chi connectivity index (χ3n) is 23.9. The summed E-state index contributed by atoms with van der Waals surface area (Å²) in [4.78, 5) is 97.9. The number of carbonyl (C=O) groups is 8. The predicted octanol–water partition coefficient (Wildman–Crippen LogP) is 22.9. The van der Waals surface area contributed by atoms with Crippen molar-refractivity contribution < 1.29 is 81.7 Å². The highest BCUT2D eigenvalue weighted by Crippen LogP contribution is 2.47. The van der Waals surface area contributed by atoms with Crippen molar-refractivity contribution in [2.75, 3.05) is 42.7 Å². The number of hydrogen-bond donors (Lipinski definition) is 2. The van der Waals surface area contributed by atoms with Gasteiger partial charge in [0.25, 0.3) is 0 Å². The van der Waals surface area contributed by atoms with Crippen molar-refractivity contribution in [2.45, 2.75) is 166 Å². The third kappa shape index (κ3) is 27.4. The topological polar surface area (TPSA) is 363 Å². The molecule has 41 heteroatoms. The van der Waals surface area contributed by atoms with Crippen LogP contribution in [-0.2, 0) is 167 Å². The smallest absolute Gasteiger partial charge is 0.354 e. The van der Waals surface area contributed by atoms with E-state index in [0.29, 0.717) is 84.0 Å². The van der Waals surface area contributed by atoms with E-state index in [9.17, 15) is 48.6 Å². The zero-order valence-corrected chi connectivity index (χ0v) is 88.8.